The van der Waals surface area contributed by atoms with E-state index in [1.807, 2.05) is 18.0 Å². The van der Waals surface area contributed by atoms with E-state index >= 15 is 0 Å². The zero-order valence-electron chi connectivity index (χ0n) is 14.2. The summed E-state index contributed by atoms with van der Waals surface area (Å²) in [7, 11) is 3.26. The van der Waals surface area contributed by atoms with Crippen molar-refractivity contribution >= 4 is 28.2 Å². The summed E-state index contributed by atoms with van der Waals surface area (Å²) < 4.78 is 4.78. The number of carbonyl (C=O) groups is 1. The fraction of sp³-hybridized carbons (Fsp3) is 0.444. The van der Waals surface area contributed by atoms with Gasteiger partial charge in [0.1, 0.15) is 12.4 Å². The summed E-state index contributed by atoms with van der Waals surface area (Å²) in [5.41, 5.74) is 7.19. The van der Waals surface area contributed by atoms with Crippen LogP contribution in [0.5, 0.6) is 0 Å². The Morgan fingerprint density at radius 1 is 1.38 bits per heavy atom. The number of nitrogens with zero attached hydrogens (tertiary/aromatic N) is 3. The van der Waals surface area contributed by atoms with Gasteiger partial charge >= 0.3 is 5.97 Å². The molecule has 0 aliphatic carbocycles. The molecule has 1 aliphatic heterocycles. The number of aromatic nitrogens is 1. The first-order valence-electron chi connectivity index (χ1n) is 8.26. The molecule has 0 unspecified atom stereocenters. The summed E-state index contributed by atoms with van der Waals surface area (Å²) >= 11 is 0. The maximum absolute atomic E-state index is 11.6. The second kappa shape index (κ2) is 7.05. The van der Waals surface area contributed by atoms with Gasteiger partial charge in [0.05, 0.1) is 7.11 Å². The molecule has 1 aliphatic rings. The molecule has 1 aromatic carbocycles. The molecule has 128 valence electrons. The van der Waals surface area contributed by atoms with E-state index in [1.165, 1.54) is 7.11 Å². The maximum Gasteiger partial charge on any atom is 0.325 e. The molecule has 2 aromatic rings. The molecule has 0 spiro atoms. The number of pyridine rings is 1. The van der Waals surface area contributed by atoms with Crippen LogP contribution in [0.1, 0.15) is 12.8 Å². The van der Waals surface area contributed by atoms with Gasteiger partial charge in [-0.3, -0.25) is 4.79 Å². The van der Waals surface area contributed by atoms with Gasteiger partial charge in [0.15, 0.2) is 0 Å². The maximum atomic E-state index is 11.6. The van der Waals surface area contributed by atoms with E-state index in [9.17, 15) is 4.79 Å². The molecule has 0 atom stereocenters. The van der Waals surface area contributed by atoms with E-state index in [0.717, 1.165) is 48.2 Å². The van der Waals surface area contributed by atoms with E-state index in [2.05, 4.69) is 28.1 Å². The summed E-state index contributed by atoms with van der Waals surface area (Å²) in [6.07, 6.45) is 3.76. The number of anilines is 2. The van der Waals surface area contributed by atoms with Crippen molar-refractivity contribution in [3.05, 3.63) is 30.5 Å². The highest BCUT2D eigenvalue weighted by Crippen LogP contribution is 2.34. The van der Waals surface area contributed by atoms with Crippen molar-refractivity contribution in [2.75, 3.05) is 43.6 Å². The summed E-state index contributed by atoms with van der Waals surface area (Å²) in [4.78, 5) is 20.4. The Morgan fingerprint density at radius 3 is 2.83 bits per heavy atom. The molecule has 6 nitrogen and oxygen atoms in total. The molecule has 2 N–H and O–H groups in total. The van der Waals surface area contributed by atoms with Gasteiger partial charge < -0.3 is 20.3 Å². The number of ether oxygens (including phenoxy) is 1. The van der Waals surface area contributed by atoms with Crippen LogP contribution in [0.15, 0.2) is 30.5 Å². The summed E-state index contributed by atoms with van der Waals surface area (Å²) in [5, 5.41) is 2.19. The van der Waals surface area contributed by atoms with Gasteiger partial charge in [0.2, 0.25) is 0 Å². The SMILES string of the molecule is COC(=O)CN(C)c1nccc2cccc(N3CCC(N)CC3)c12. The molecule has 1 fully saturated rings. The summed E-state index contributed by atoms with van der Waals surface area (Å²) in [6.45, 7) is 2.05. The number of hydrogen-bond acceptors (Lipinski definition) is 6. The van der Waals surface area contributed by atoms with Gasteiger partial charge in [0, 0.05) is 43.4 Å². The van der Waals surface area contributed by atoms with Gasteiger partial charge in [-0.15, -0.1) is 0 Å². The minimum absolute atomic E-state index is 0.168. The van der Waals surface area contributed by atoms with Crippen molar-refractivity contribution in [3.8, 4) is 0 Å². The molecule has 24 heavy (non-hydrogen) atoms. The van der Waals surface area contributed by atoms with Gasteiger partial charge in [-0.2, -0.15) is 0 Å². The lowest BCUT2D eigenvalue weighted by Gasteiger charge is -2.33. The number of methoxy groups -OCH3 is 1. The number of esters is 1. The topological polar surface area (TPSA) is 71.7 Å². The smallest absolute Gasteiger partial charge is 0.325 e. The van der Waals surface area contributed by atoms with Gasteiger partial charge in [0.25, 0.3) is 0 Å². The number of nitrogens with two attached hydrogens (primary N) is 1. The first kappa shape index (κ1) is 16.5. The van der Waals surface area contributed by atoms with Crippen molar-refractivity contribution < 1.29 is 9.53 Å². The average molecular weight is 328 g/mol. The standard InChI is InChI=1S/C18H24N4O2/c1-21(12-16(23)24-2)18-17-13(6-9-20-18)4-3-5-15(17)22-10-7-14(19)8-11-22/h3-6,9,14H,7-8,10-12,19H2,1-2H3. The zero-order valence-corrected chi connectivity index (χ0v) is 14.2. The molecule has 6 heteroatoms. The molecule has 0 bridgehead atoms. The van der Waals surface area contributed by atoms with Crippen LogP contribution in [0.3, 0.4) is 0 Å². The predicted octanol–water partition coefficient (Wildman–Crippen LogP) is 1.77. The second-order valence-corrected chi connectivity index (χ2v) is 6.27. The molecule has 1 aromatic heterocycles. The van der Waals surface area contributed by atoms with Crippen molar-refractivity contribution in [1.29, 1.82) is 0 Å². The largest absolute Gasteiger partial charge is 0.468 e. The van der Waals surface area contributed by atoms with E-state index in [1.54, 1.807) is 6.20 Å². The first-order chi connectivity index (χ1) is 11.6. The van der Waals surface area contributed by atoms with Crippen LogP contribution in [0.2, 0.25) is 0 Å². The summed E-state index contributed by atoms with van der Waals surface area (Å²) in [6, 6.07) is 8.55. The summed E-state index contributed by atoms with van der Waals surface area (Å²) in [5.74, 6) is 0.515. The highest BCUT2D eigenvalue weighted by molar-refractivity contribution is 6.02. The lowest BCUT2D eigenvalue weighted by Crippen LogP contribution is -2.39. The molecule has 1 saturated heterocycles. The van der Waals surface area contributed by atoms with Gasteiger partial charge in [-0.25, -0.2) is 4.98 Å². The van der Waals surface area contributed by atoms with E-state index in [-0.39, 0.29) is 18.6 Å². The normalized spacial score (nSPS) is 15.5. The first-order valence-corrected chi connectivity index (χ1v) is 8.26. The van der Waals surface area contributed by atoms with E-state index < -0.39 is 0 Å². The minimum Gasteiger partial charge on any atom is -0.468 e. The molecular formula is C18H24N4O2. The van der Waals surface area contributed by atoms with Crippen molar-refractivity contribution in [3.63, 3.8) is 0 Å². The lowest BCUT2D eigenvalue weighted by molar-refractivity contribution is -0.138. The van der Waals surface area contributed by atoms with Crippen molar-refractivity contribution in [1.82, 2.24) is 4.98 Å². The number of carbonyl (C=O) groups excluding carboxylic acids is 1. The molecular weight excluding hydrogens is 304 g/mol. The average Bonchev–Trinajstić information content (AvgIpc) is 2.61. The Hall–Kier alpha value is -2.34. The van der Waals surface area contributed by atoms with Crippen LogP contribution in [0, 0.1) is 0 Å². The van der Waals surface area contributed by atoms with Crippen LogP contribution >= 0.6 is 0 Å². The Labute approximate surface area is 142 Å². The number of rotatable bonds is 4. The third kappa shape index (κ3) is 3.28. The molecule has 0 amide bonds. The third-order valence-electron chi connectivity index (χ3n) is 4.59. The van der Waals surface area contributed by atoms with Crippen molar-refractivity contribution in [2.24, 2.45) is 5.73 Å². The molecule has 0 radical (unpaired) electrons. The van der Waals surface area contributed by atoms with Crippen LogP contribution in [0.25, 0.3) is 10.8 Å². The highest BCUT2D eigenvalue weighted by Gasteiger charge is 2.21. The Balaban J connectivity index is 2.02. The van der Waals surface area contributed by atoms with E-state index in [0.29, 0.717) is 0 Å². The number of piperidine rings is 1. The zero-order chi connectivity index (χ0) is 17.1. The van der Waals surface area contributed by atoms with Crippen LogP contribution < -0.4 is 15.5 Å². The minimum atomic E-state index is -0.280. The number of hydrogen-bond donors (Lipinski definition) is 1. The van der Waals surface area contributed by atoms with Crippen LogP contribution in [-0.2, 0) is 9.53 Å². The Bertz CT molecular complexity index is 721. The van der Waals surface area contributed by atoms with Crippen LogP contribution in [-0.4, -0.2) is 50.8 Å². The highest BCUT2D eigenvalue weighted by atomic mass is 16.5. The van der Waals surface area contributed by atoms with E-state index in [4.69, 9.17) is 10.5 Å². The van der Waals surface area contributed by atoms with Crippen LogP contribution in [0.4, 0.5) is 11.5 Å². The van der Waals surface area contributed by atoms with Gasteiger partial charge in [-0.1, -0.05) is 12.1 Å². The fourth-order valence-corrected chi connectivity index (χ4v) is 3.22. The number of likely N-dealkylation sites (N-methyl/N-ethyl adjacent to an activating group) is 1. The van der Waals surface area contributed by atoms with Crippen molar-refractivity contribution in [2.45, 2.75) is 18.9 Å². The fourth-order valence-electron chi connectivity index (χ4n) is 3.22. The third-order valence-corrected chi connectivity index (χ3v) is 4.59. The quantitative estimate of drug-likeness (QED) is 0.863. The number of benzene rings is 1. The second-order valence-electron chi connectivity index (χ2n) is 6.27. The molecule has 0 saturated carbocycles. The Morgan fingerprint density at radius 2 is 2.12 bits per heavy atom. The lowest BCUT2D eigenvalue weighted by atomic mass is 10.0. The number of fused-ring (bicyclic) bond motifs is 1. The molecule has 3 rings (SSSR count). The molecule has 2 heterocycles. The van der Waals surface area contributed by atoms with Gasteiger partial charge in [-0.05, 0) is 30.4 Å². The Kier molecular flexibility index (Phi) is 4.85. The predicted molar refractivity (Wildman–Crippen MR) is 96.5 cm³/mol. The monoisotopic (exact) mass is 328 g/mol.